The molecule has 0 bridgehead atoms. The van der Waals surface area contributed by atoms with Crippen LogP contribution < -0.4 is 0 Å². The highest BCUT2D eigenvalue weighted by Gasteiger charge is 2.40. The molecule has 1 aromatic carbocycles. The Bertz CT molecular complexity index is 517. The molecule has 0 aliphatic rings. The van der Waals surface area contributed by atoms with Crippen molar-refractivity contribution in [2.24, 2.45) is 0 Å². The zero-order valence-corrected chi connectivity index (χ0v) is 12.2. The summed E-state index contributed by atoms with van der Waals surface area (Å²) in [6.07, 6.45) is 0. The van der Waals surface area contributed by atoms with Crippen molar-refractivity contribution in [2.45, 2.75) is 21.9 Å². The van der Waals surface area contributed by atoms with E-state index >= 15 is 0 Å². The summed E-state index contributed by atoms with van der Waals surface area (Å²) in [4.78, 5) is -0.0191. The molecule has 2 nitrogen and oxygen atoms in total. The Balaban J connectivity index is 3.53. The number of hydrogen-bond acceptors (Lipinski definition) is 2. The molecular formula is C9H8Cl4O2S. The number of alkyl halides is 3. The van der Waals surface area contributed by atoms with Crippen molar-refractivity contribution in [2.75, 3.05) is 0 Å². The van der Waals surface area contributed by atoms with Crippen molar-refractivity contribution in [1.82, 2.24) is 0 Å². The van der Waals surface area contributed by atoms with Gasteiger partial charge in [-0.15, -0.1) is 0 Å². The monoisotopic (exact) mass is 320 g/mol. The van der Waals surface area contributed by atoms with E-state index in [4.69, 9.17) is 46.4 Å². The van der Waals surface area contributed by atoms with Crippen LogP contribution in [0.25, 0.3) is 0 Å². The smallest absolute Gasteiger partial charge is 0.219 e. The predicted molar refractivity (Wildman–Crippen MR) is 68.4 cm³/mol. The van der Waals surface area contributed by atoms with E-state index in [1.165, 1.54) is 12.1 Å². The summed E-state index contributed by atoms with van der Waals surface area (Å²) in [7, 11) is -4.01. The van der Waals surface area contributed by atoms with E-state index in [0.29, 0.717) is 16.1 Å². The second-order valence-corrected chi connectivity index (χ2v) is 8.74. The minimum absolute atomic E-state index is 0.0191. The van der Waals surface area contributed by atoms with Crippen LogP contribution in [0, 0.1) is 13.8 Å². The van der Waals surface area contributed by atoms with E-state index in [1.807, 2.05) is 0 Å². The lowest BCUT2D eigenvalue weighted by Crippen LogP contribution is -2.20. The lowest BCUT2D eigenvalue weighted by atomic mass is 10.2. The van der Waals surface area contributed by atoms with Crippen molar-refractivity contribution < 1.29 is 8.42 Å². The van der Waals surface area contributed by atoms with Gasteiger partial charge >= 0.3 is 0 Å². The zero-order chi connectivity index (χ0) is 12.7. The third-order valence-electron chi connectivity index (χ3n) is 2.05. The van der Waals surface area contributed by atoms with Crippen LogP contribution in [0.15, 0.2) is 17.0 Å². The van der Waals surface area contributed by atoms with Gasteiger partial charge in [-0.05, 0) is 37.1 Å². The van der Waals surface area contributed by atoms with Gasteiger partial charge in [0.25, 0.3) is 3.12 Å². The van der Waals surface area contributed by atoms with Crippen molar-refractivity contribution >= 4 is 56.2 Å². The summed E-state index contributed by atoms with van der Waals surface area (Å²) in [5.41, 5.74) is 1.06. The predicted octanol–water partition coefficient (Wildman–Crippen LogP) is 4.06. The first-order valence-corrected chi connectivity index (χ1v) is 7.15. The Kier molecular flexibility index (Phi) is 4.08. The Morgan fingerprint density at radius 1 is 1.06 bits per heavy atom. The van der Waals surface area contributed by atoms with E-state index in [2.05, 4.69) is 0 Å². The molecular weight excluding hydrogens is 314 g/mol. The lowest BCUT2D eigenvalue weighted by Gasteiger charge is -2.15. The molecule has 7 heteroatoms. The first kappa shape index (κ1) is 14.4. The number of sulfone groups is 1. The number of rotatable bonds is 1. The highest BCUT2D eigenvalue weighted by atomic mass is 35.6. The minimum atomic E-state index is -4.01. The van der Waals surface area contributed by atoms with Crippen molar-refractivity contribution in [3.05, 3.63) is 28.3 Å². The molecule has 0 atom stereocenters. The van der Waals surface area contributed by atoms with E-state index in [0.717, 1.165) is 0 Å². The van der Waals surface area contributed by atoms with Gasteiger partial charge in [0.05, 0.1) is 4.90 Å². The molecule has 0 saturated carbocycles. The molecule has 0 amide bonds. The maximum atomic E-state index is 11.9. The molecule has 1 aromatic rings. The molecule has 0 aliphatic heterocycles. The zero-order valence-electron chi connectivity index (χ0n) is 8.39. The van der Waals surface area contributed by atoms with E-state index in [-0.39, 0.29) is 4.90 Å². The molecule has 0 radical (unpaired) electrons. The first-order valence-electron chi connectivity index (χ1n) is 4.15. The maximum absolute atomic E-state index is 11.9. The minimum Gasteiger partial charge on any atom is -0.219 e. The van der Waals surface area contributed by atoms with Gasteiger partial charge in [-0.2, -0.15) is 0 Å². The van der Waals surface area contributed by atoms with Crippen LogP contribution in [0.5, 0.6) is 0 Å². The largest absolute Gasteiger partial charge is 0.296 e. The normalized spacial score (nSPS) is 12.9. The van der Waals surface area contributed by atoms with E-state index < -0.39 is 13.0 Å². The summed E-state index contributed by atoms with van der Waals surface area (Å²) in [5, 5.41) is 0.473. The average molecular weight is 322 g/mol. The molecule has 0 fully saturated rings. The van der Waals surface area contributed by atoms with Crippen LogP contribution in [0.1, 0.15) is 11.1 Å². The summed E-state index contributed by atoms with van der Waals surface area (Å²) in [6.45, 7) is 3.27. The first-order chi connectivity index (χ1) is 7.07. The fraction of sp³-hybridized carbons (Fsp3) is 0.333. The lowest BCUT2D eigenvalue weighted by molar-refractivity contribution is 0.596. The molecule has 0 unspecified atom stereocenters. The number of aryl methyl sites for hydroxylation is 2. The third kappa shape index (κ3) is 2.59. The Hall–Kier alpha value is 0.330. The molecule has 16 heavy (non-hydrogen) atoms. The molecule has 0 spiro atoms. The summed E-state index contributed by atoms with van der Waals surface area (Å²) in [6, 6.07) is 2.93. The van der Waals surface area contributed by atoms with E-state index in [1.54, 1.807) is 13.8 Å². The quantitative estimate of drug-likeness (QED) is 0.731. The highest BCUT2D eigenvalue weighted by molar-refractivity contribution is 7.97. The van der Waals surface area contributed by atoms with Crippen molar-refractivity contribution in [1.29, 1.82) is 0 Å². The van der Waals surface area contributed by atoms with Crippen LogP contribution >= 0.6 is 46.4 Å². The van der Waals surface area contributed by atoms with Crippen LogP contribution in [0.3, 0.4) is 0 Å². The number of halogens is 4. The molecule has 0 N–H and O–H groups in total. The van der Waals surface area contributed by atoms with E-state index in [9.17, 15) is 8.42 Å². The van der Waals surface area contributed by atoms with Crippen molar-refractivity contribution in [3.63, 3.8) is 0 Å². The van der Waals surface area contributed by atoms with Gasteiger partial charge in [0.1, 0.15) is 0 Å². The highest BCUT2D eigenvalue weighted by Crippen LogP contribution is 2.39. The van der Waals surface area contributed by atoms with Gasteiger partial charge < -0.3 is 0 Å². The molecule has 90 valence electrons. The van der Waals surface area contributed by atoms with Gasteiger partial charge in [0.15, 0.2) is 0 Å². The van der Waals surface area contributed by atoms with Gasteiger partial charge in [-0.3, -0.25) is 0 Å². The molecule has 0 aliphatic carbocycles. The van der Waals surface area contributed by atoms with Gasteiger partial charge in [-0.25, -0.2) is 8.42 Å². The molecule has 0 heterocycles. The maximum Gasteiger partial charge on any atom is 0.296 e. The number of hydrogen-bond donors (Lipinski definition) is 0. The summed E-state index contributed by atoms with van der Waals surface area (Å²) in [5.74, 6) is 0. The average Bonchev–Trinajstić information content (AvgIpc) is 2.09. The van der Waals surface area contributed by atoms with Crippen LogP contribution in [-0.4, -0.2) is 11.5 Å². The van der Waals surface area contributed by atoms with Crippen molar-refractivity contribution in [3.8, 4) is 0 Å². The van der Waals surface area contributed by atoms with Gasteiger partial charge in [0, 0.05) is 5.02 Å². The Morgan fingerprint density at radius 3 is 2.00 bits per heavy atom. The van der Waals surface area contributed by atoms with Gasteiger partial charge in [0.2, 0.25) is 9.84 Å². The number of benzene rings is 1. The Labute approximate surface area is 114 Å². The fourth-order valence-electron chi connectivity index (χ4n) is 1.17. The van der Waals surface area contributed by atoms with Crippen LogP contribution in [0.2, 0.25) is 5.02 Å². The second-order valence-electron chi connectivity index (χ2n) is 3.32. The third-order valence-corrected chi connectivity index (χ3v) is 5.91. The fourth-order valence-corrected chi connectivity index (χ4v) is 3.20. The summed E-state index contributed by atoms with van der Waals surface area (Å²) >= 11 is 22.2. The standard InChI is InChI=1S/C9H8Cl4O2S/c1-5-4-8(6(2)3-7(5)10)16(14,15)9(11,12)13/h3-4H,1-2H3. The Morgan fingerprint density at radius 2 is 1.56 bits per heavy atom. The summed E-state index contributed by atoms with van der Waals surface area (Å²) < 4.78 is 21.4. The molecule has 0 saturated heterocycles. The van der Waals surface area contributed by atoms with Crippen LogP contribution in [0.4, 0.5) is 0 Å². The second kappa shape index (κ2) is 4.54. The molecule has 0 aromatic heterocycles. The van der Waals surface area contributed by atoms with Gasteiger partial charge in [-0.1, -0.05) is 46.4 Å². The van der Waals surface area contributed by atoms with Crippen LogP contribution in [-0.2, 0) is 9.84 Å². The topological polar surface area (TPSA) is 34.1 Å². The molecule has 1 rings (SSSR count). The SMILES string of the molecule is Cc1cc(S(=O)(=O)C(Cl)(Cl)Cl)c(C)cc1Cl.